The number of nitrogens with zero attached hydrogens (tertiary/aromatic N) is 2. The predicted octanol–water partition coefficient (Wildman–Crippen LogP) is 1.07. The second kappa shape index (κ2) is 7.17. The van der Waals surface area contributed by atoms with Gasteiger partial charge >= 0.3 is 5.97 Å². The van der Waals surface area contributed by atoms with Crippen molar-refractivity contribution in [3.05, 3.63) is 23.2 Å². The average Bonchev–Trinajstić information content (AvgIpc) is 2.34. The van der Waals surface area contributed by atoms with Gasteiger partial charge in [0.2, 0.25) is 0 Å². The van der Waals surface area contributed by atoms with Crippen LogP contribution in [-0.4, -0.2) is 45.0 Å². The van der Waals surface area contributed by atoms with Gasteiger partial charge in [0.15, 0.2) is 0 Å². The van der Waals surface area contributed by atoms with Crippen LogP contribution in [0, 0.1) is 0 Å². The Morgan fingerprint density at radius 1 is 1.50 bits per heavy atom. The van der Waals surface area contributed by atoms with E-state index >= 15 is 0 Å². The summed E-state index contributed by atoms with van der Waals surface area (Å²) in [6, 6.07) is -0.928. The molecular formula is C10H12ClN3O3S. The van der Waals surface area contributed by atoms with Crippen molar-refractivity contribution in [2.45, 2.75) is 12.5 Å². The number of carbonyl (C=O) groups excluding carboxylic acids is 1. The zero-order valence-corrected chi connectivity index (χ0v) is 11.2. The summed E-state index contributed by atoms with van der Waals surface area (Å²) in [6.45, 7) is 0. The summed E-state index contributed by atoms with van der Waals surface area (Å²) < 4.78 is 0. The number of hydrogen-bond acceptors (Lipinski definition) is 5. The Kier molecular flexibility index (Phi) is 5.87. The van der Waals surface area contributed by atoms with Gasteiger partial charge < -0.3 is 10.4 Å². The molecule has 1 amide bonds. The highest BCUT2D eigenvalue weighted by molar-refractivity contribution is 7.98. The molecule has 0 aromatic carbocycles. The first-order valence-corrected chi connectivity index (χ1v) is 6.82. The molecular weight excluding hydrogens is 278 g/mol. The van der Waals surface area contributed by atoms with Crippen molar-refractivity contribution in [2.75, 3.05) is 12.0 Å². The van der Waals surface area contributed by atoms with Crippen molar-refractivity contribution in [1.29, 1.82) is 0 Å². The lowest BCUT2D eigenvalue weighted by atomic mass is 10.2. The van der Waals surface area contributed by atoms with Crippen LogP contribution in [0.15, 0.2) is 12.4 Å². The Labute approximate surface area is 113 Å². The van der Waals surface area contributed by atoms with E-state index in [-0.39, 0.29) is 10.8 Å². The van der Waals surface area contributed by atoms with Crippen molar-refractivity contribution >= 4 is 35.2 Å². The SMILES string of the molecule is CSCCC(NC(=O)c1cnc(Cl)cn1)C(=O)O. The summed E-state index contributed by atoms with van der Waals surface area (Å²) in [5, 5.41) is 11.5. The molecule has 0 saturated heterocycles. The third-order valence-corrected chi connectivity index (χ3v) is 2.91. The van der Waals surface area contributed by atoms with Gasteiger partial charge in [0.05, 0.1) is 12.4 Å². The second-order valence-electron chi connectivity index (χ2n) is 3.37. The maximum Gasteiger partial charge on any atom is 0.326 e. The molecule has 6 nitrogen and oxygen atoms in total. The van der Waals surface area contributed by atoms with E-state index < -0.39 is 17.9 Å². The number of rotatable bonds is 6. The molecule has 1 atom stereocenters. The van der Waals surface area contributed by atoms with Gasteiger partial charge in [-0.3, -0.25) is 4.79 Å². The highest BCUT2D eigenvalue weighted by Crippen LogP contribution is 2.04. The first kappa shape index (κ1) is 14.7. The molecule has 1 aromatic rings. The van der Waals surface area contributed by atoms with Crippen LogP contribution in [0.4, 0.5) is 0 Å². The van der Waals surface area contributed by atoms with Crippen molar-refractivity contribution in [2.24, 2.45) is 0 Å². The lowest BCUT2D eigenvalue weighted by molar-refractivity contribution is -0.139. The van der Waals surface area contributed by atoms with E-state index in [0.717, 1.165) is 0 Å². The lowest BCUT2D eigenvalue weighted by Gasteiger charge is -2.13. The van der Waals surface area contributed by atoms with Gasteiger partial charge in [0.1, 0.15) is 16.9 Å². The van der Waals surface area contributed by atoms with Gasteiger partial charge in [0.25, 0.3) is 5.91 Å². The van der Waals surface area contributed by atoms with E-state index in [2.05, 4.69) is 15.3 Å². The number of amides is 1. The largest absolute Gasteiger partial charge is 0.480 e. The normalized spacial score (nSPS) is 11.9. The smallest absolute Gasteiger partial charge is 0.326 e. The first-order chi connectivity index (χ1) is 8.54. The summed E-state index contributed by atoms with van der Waals surface area (Å²) in [7, 11) is 0. The van der Waals surface area contributed by atoms with Crippen LogP contribution < -0.4 is 5.32 Å². The van der Waals surface area contributed by atoms with Gasteiger partial charge in [-0.05, 0) is 18.4 Å². The molecule has 0 aliphatic carbocycles. The molecule has 0 saturated carbocycles. The number of nitrogens with one attached hydrogen (secondary N) is 1. The fourth-order valence-electron chi connectivity index (χ4n) is 1.15. The number of halogens is 1. The van der Waals surface area contributed by atoms with Gasteiger partial charge in [-0.1, -0.05) is 11.6 Å². The molecule has 0 bridgehead atoms. The van der Waals surface area contributed by atoms with Gasteiger partial charge in [-0.2, -0.15) is 11.8 Å². The third kappa shape index (κ3) is 4.50. The van der Waals surface area contributed by atoms with Crippen LogP contribution in [0.5, 0.6) is 0 Å². The Morgan fingerprint density at radius 3 is 2.72 bits per heavy atom. The standard InChI is InChI=1S/C10H12ClN3O3S/c1-18-3-2-6(10(16)17)14-9(15)7-4-13-8(11)5-12-7/h4-6H,2-3H2,1H3,(H,14,15)(H,16,17). The molecule has 0 fully saturated rings. The summed E-state index contributed by atoms with van der Waals surface area (Å²) in [4.78, 5) is 30.1. The molecule has 2 N–H and O–H groups in total. The van der Waals surface area contributed by atoms with E-state index in [1.807, 2.05) is 6.26 Å². The minimum absolute atomic E-state index is 0.0369. The molecule has 1 unspecified atom stereocenters. The Hall–Kier alpha value is -1.34. The summed E-state index contributed by atoms with van der Waals surface area (Å²) >= 11 is 7.05. The quantitative estimate of drug-likeness (QED) is 0.814. The first-order valence-electron chi connectivity index (χ1n) is 5.04. The van der Waals surface area contributed by atoms with Crippen molar-refractivity contribution in [1.82, 2.24) is 15.3 Å². The number of aliphatic carboxylic acids is 1. The van der Waals surface area contributed by atoms with E-state index in [1.54, 1.807) is 0 Å². The fourth-order valence-corrected chi connectivity index (χ4v) is 1.72. The summed E-state index contributed by atoms with van der Waals surface area (Å²) in [6.07, 6.45) is 4.65. The molecule has 0 spiro atoms. The monoisotopic (exact) mass is 289 g/mol. The van der Waals surface area contributed by atoms with Gasteiger partial charge in [-0.25, -0.2) is 14.8 Å². The minimum Gasteiger partial charge on any atom is -0.480 e. The lowest BCUT2D eigenvalue weighted by Crippen LogP contribution is -2.41. The topological polar surface area (TPSA) is 92.2 Å². The molecule has 1 rings (SSSR count). The molecule has 18 heavy (non-hydrogen) atoms. The molecule has 0 radical (unpaired) electrons. The minimum atomic E-state index is -1.07. The summed E-state index contributed by atoms with van der Waals surface area (Å²) in [5.41, 5.74) is 0.0369. The second-order valence-corrected chi connectivity index (χ2v) is 4.74. The Morgan fingerprint density at radius 2 is 2.22 bits per heavy atom. The van der Waals surface area contributed by atoms with Crippen molar-refractivity contribution in [3.63, 3.8) is 0 Å². The highest BCUT2D eigenvalue weighted by Gasteiger charge is 2.20. The highest BCUT2D eigenvalue weighted by atomic mass is 35.5. The summed E-state index contributed by atoms with van der Waals surface area (Å²) in [5.74, 6) is -1.00. The zero-order chi connectivity index (χ0) is 13.5. The number of carboxylic acids is 1. The number of carboxylic acid groups (broad SMARTS) is 1. The maximum atomic E-state index is 11.7. The maximum absolute atomic E-state index is 11.7. The van der Waals surface area contributed by atoms with Crippen molar-refractivity contribution < 1.29 is 14.7 Å². The van der Waals surface area contributed by atoms with Gasteiger partial charge in [0, 0.05) is 0 Å². The van der Waals surface area contributed by atoms with Crippen LogP contribution in [0.25, 0.3) is 0 Å². The number of hydrogen-bond donors (Lipinski definition) is 2. The molecule has 98 valence electrons. The van der Waals surface area contributed by atoms with Crippen molar-refractivity contribution in [3.8, 4) is 0 Å². The Bertz CT molecular complexity index is 427. The molecule has 0 aliphatic heterocycles. The zero-order valence-electron chi connectivity index (χ0n) is 9.59. The molecule has 0 aliphatic rings. The number of carbonyl (C=O) groups is 2. The van der Waals surface area contributed by atoms with E-state index in [9.17, 15) is 9.59 Å². The third-order valence-electron chi connectivity index (χ3n) is 2.07. The van der Waals surface area contributed by atoms with E-state index in [4.69, 9.17) is 16.7 Å². The van der Waals surface area contributed by atoms with Crippen LogP contribution in [0.1, 0.15) is 16.9 Å². The molecule has 8 heteroatoms. The average molecular weight is 290 g/mol. The molecule has 1 heterocycles. The van der Waals surface area contributed by atoms with Crippen LogP contribution in [0.3, 0.4) is 0 Å². The van der Waals surface area contributed by atoms with Gasteiger partial charge in [-0.15, -0.1) is 0 Å². The molecule has 1 aromatic heterocycles. The van der Waals surface area contributed by atoms with E-state index in [0.29, 0.717) is 12.2 Å². The number of thioether (sulfide) groups is 1. The van der Waals surface area contributed by atoms with Crippen LogP contribution >= 0.6 is 23.4 Å². The van der Waals surface area contributed by atoms with Crippen LogP contribution in [-0.2, 0) is 4.79 Å². The van der Waals surface area contributed by atoms with E-state index in [1.165, 1.54) is 24.2 Å². The fraction of sp³-hybridized carbons (Fsp3) is 0.400. The van der Waals surface area contributed by atoms with Crippen LogP contribution in [0.2, 0.25) is 5.15 Å². The predicted molar refractivity (Wildman–Crippen MR) is 68.9 cm³/mol. The Balaban J connectivity index is 2.66. The number of aromatic nitrogens is 2.